The molecule has 90 valence electrons. The van der Waals surface area contributed by atoms with Crippen molar-refractivity contribution in [3.05, 3.63) is 53.5 Å². The van der Waals surface area contributed by atoms with Gasteiger partial charge in [0.1, 0.15) is 11.5 Å². The zero-order valence-corrected chi connectivity index (χ0v) is 10.1. The Morgan fingerprint density at radius 1 is 1.29 bits per heavy atom. The summed E-state index contributed by atoms with van der Waals surface area (Å²) in [7, 11) is 1.67. The molecule has 1 unspecified atom stereocenters. The lowest BCUT2D eigenvalue weighted by molar-refractivity contribution is 0.408. The first-order valence-electron chi connectivity index (χ1n) is 5.64. The molecule has 0 saturated carbocycles. The molecule has 0 fully saturated rings. The Balaban J connectivity index is 2.18. The Morgan fingerprint density at radius 3 is 2.71 bits per heavy atom. The number of furan rings is 1. The Hall–Kier alpha value is -1.74. The van der Waals surface area contributed by atoms with Gasteiger partial charge in [-0.1, -0.05) is 18.2 Å². The van der Waals surface area contributed by atoms with Crippen LogP contribution in [0.4, 0.5) is 0 Å². The van der Waals surface area contributed by atoms with Crippen molar-refractivity contribution in [1.82, 2.24) is 0 Å². The number of para-hydroxylation sites is 1. The van der Waals surface area contributed by atoms with Crippen LogP contribution in [0.5, 0.6) is 5.75 Å². The molecule has 3 nitrogen and oxygen atoms in total. The van der Waals surface area contributed by atoms with Crippen LogP contribution in [0.25, 0.3) is 0 Å². The van der Waals surface area contributed by atoms with Gasteiger partial charge in [0, 0.05) is 11.6 Å². The van der Waals surface area contributed by atoms with Crippen molar-refractivity contribution in [1.29, 1.82) is 0 Å². The van der Waals surface area contributed by atoms with Gasteiger partial charge in [-0.25, -0.2) is 0 Å². The van der Waals surface area contributed by atoms with Crippen LogP contribution in [0.2, 0.25) is 0 Å². The van der Waals surface area contributed by atoms with E-state index in [4.69, 9.17) is 14.9 Å². The van der Waals surface area contributed by atoms with E-state index in [0.29, 0.717) is 0 Å². The van der Waals surface area contributed by atoms with Gasteiger partial charge in [-0.3, -0.25) is 0 Å². The molecular formula is C14H17NO2. The fourth-order valence-corrected chi connectivity index (χ4v) is 2.00. The summed E-state index contributed by atoms with van der Waals surface area (Å²) >= 11 is 0. The highest BCUT2D eigenvalue weighted by atomic mass is 16.5. The van der Waals surface area contributed by atoms with Crippen LogP contribution in [0.15, 0.2) is 41.0 Å². The van der Waals surface area contributed by atoms with Crippen molar-refractivity contribution in [2.45, 2.75) is 19.4 Å². The molecule has 0 radical (unpaired) electrons. The van der Waals surface area contributed by atoms with Crippen LogP contribution in [-0.2, 0) is 6.42 Å². The van der Waals surface area contributed by atoms with Gasteiger partial charge in [-0.2, -0.15) is 0 Å². The lowest BCUT2D eigenvalue weighted by Gasteiger charge is -2.13. The highest BCUT2D eigenvalue weighted by molar-refractivity contribution is 5.35. The van der Waals surface area contributed by atoms with Gasteiger partial charge in [-0.05, 0) is 31.0 Å². The van der Waals surface area contributed by atoms with Gasteiger partial charge < -0.3 is 14.9 Å². The first-order chi connectivity index (χ1) is 8.22. The maximum absolute atomic E-state index is 6.18. The molecule has 0 bridgehead atoms. The number of benzene rings is 1. The number of nitrogens with two attached hydrogens (primary N) is 1. The van der Waals surface area contributed by atoms with Gasteiger partial charge in [0.15, 0.2) is 0 Å². The summed E-state index contributed by atoms with van der Waals surface area (Å²) in [6.45, 7) is 1.93. The minimum absolute atomic E-state index is 0.0648. The van der Waals surface area contributed by atoms with E-state index in [-0.39, 0.29) is 6.04 Å². The average Bonchev–Trinajstić information content (AvgIpc) is 2.76. The molecule has 1 heterocycles. The van der Waals surface area contributed by atoms with Crippen LogP contribution in [0, 0.1) is 6.92 Å². The summed E-state index contributed by atoms with van der Waals surface area (Å²) in [5, 5.41) is 0. The van der Waals surface area contributed by atoms with E-state index < -0.39 is 0 Å². The number of aryl methyl sites for hydroxylation is 1. The maximum Gasteiger partial charge on any atom is 0.122 e. The molecule has 0 aliphatic heterocycles. The second-order valence-electron chi connectivity index (χ2n) is 4.05. The second kappa shape index (κ2) is 5.06. The van der Waals surface area contributed by atoms with Gasteiger partial charge in [-0.15, -0.1) is 0 Å². The molecular weight excluding hydrogens is 214 g/mol. The Bertz CT molecular complexity index is 490. The summed E-state index contributed by atoms with van der Waals surface area (Å²) in [5.41, 5.74) is 8.35. The quantitative estimate of drug-likeness (QED) is 0.880. The minimum Gasteiger partial charge on any atom is -0.496 e. The molecule has 1 atom stereocenters. The van der Waals surface area contributed by atoms with Crippen LogP contribution >= 0.6 is 0 Å². The molecule has 0 aliphatic carbocycles. The Morgan fingerprint density at radius 2 is 2.06 bits per heavy atom. The SMILES string of the molecule is COc1ccccc1CC(N)c1ccoc1C. The molecule has 2 N–H and O–H groups in total. The van der Waals surface area contributed by atoms with E-state index in [0.717, 1.165) is 29.1 Å². The van der Waals surface area contributed by atoms with E-state index in [2.05, 4.69) is 0 Å². The number of ether oxygens (including phenoxy) is 1. The van der Waals surface area contributed by atoms with Crippen molar-refractivity contribution < 1.29 is 9.15 Å². The molecule has 1 aromatic heterocycles. The number of rotatable bonds is 4. The normalized spacial score (nSPS) is 12.4. The van der Waals surface area contributed by atoms with Crippen molar-refractivity contribution >= 4 is 0 Å². The average molecular weight is 231 g/mol. The monoisotopic (exact) mass is 231 g/mol. The number of hydrogen-bond donors (Lipinski definition) is 1. The molecule has 2 rings (SSSR count). The topological polar surface area (TPSA) is 48.4 Å². The standard InChI is InChI=1S/C14H17NO2/c1-10-12(7-8-17-10)13(15)9-11-5-3-4-6-14(11)16-2/h3-8,13H,9,15H2,1-2H3. The van der Waals surface area contributed by atoms with Crippen molar-refractivity contribution in [2.75, 3.05) is 7.11 Å². The van der Waals surface area contributed by atoms with Crippen molar-refractivity contribution in [2.24, 2.45) is 5.73 Å². The predicted molar refractivity (Wildman–Crippen MR) is 67.1 cm³/mol. The molecule has 2 aromatic rings. The third-order valence-corrected chi connectivity index (χ3v) is 2.93. The van der Waals surface area contributed by atoms with Crippen LogP contribution in [-0.4, -0.2) is 7.11 Å². The first kappa shape index (κ1) is 11.7. The minimum atomic E-state index is -0.0648. The summed E-state index contributed by atoms with van der Waals surface area (Å²) in [5.74, 6) is 1.76. The highest BCUT2D eigenvalue weighted by Crippen LogP contribution is 2.25. The Labute approximate surface area is 101 Å². The maximum atomic E-state index is 6.18. The van der Waals surface area contributed by atoms with Gasteiger partial charge in [0.05, 0.1) is 13.4 Å². The van der Waals surface area contributed by atoms with Crippen LogP contribution in [0.1, 0.15) is 22.9 Å². The summed E-state index contributed by atoms with van der Waals surface area (Å²) in [6, 6.07) is 9.79. The zero-order valence-electron chi connectivity index (χ0n) is 10.1. The van der Waals surface area contributed by atoms with E-state index in [9.17, 15) is 0 Å². The lowest BCUT2D eigenvalue weighted by atomic mass is 9.99. The molecule has 0 saturated heterocycles. The van der Waals surface area contributed by atoms with Gasteiger partial charge in [0.2, 0.25) is 0 Å². The molecule has 3 heteroatoms. The van der Waals surface area contributed by atoms with E-state index in [1.165, 1.54) is 0 Å². The molecule has 0 amide bonds. The summed E-state index contributed by atoms with van der Waals surface area (Å²) in [6.07, 6.45) is 2.41. The Kier molecular flexibility index (Phi) is 3.49. The predicted octanol–water partition coefficient (Wildman–Crippen LogP) is 2.84. The van der Waals surface area contributed by atoms with Crippen molar-refractivity contribution in [3.63, 3.8) is 0 Å². The fourth-order valence-electron chi connectivity index (χ4n) is 2.00. The van der Waals surface area contributed by atoms with E-state index >= 15 is 0 Å². The molecule has 17 heavy (non-hydrogen) atoms. The molecule has 0 aliphatic rings. The number of methoxy groups -OCH3 is 1. The third-order valence-electron chi connectivity index (χ3n) is 2.93. The fraction of sp³-hybridized carbons (Fsp3) is 0.286. The summed E-state index contributed by atoms with van der Waals surface area (Å²) in [4.78, 5) is 0. The van der Waals surface area contributed by atoms with Crippen LogP contribution in [0.3, 0.4) is 0 Å². The first-order valence-corrected chi connectivity index (χ1v) is 5.64. The van der Waals surface area contributed by atoms with Gasteiger partial charge in [0.25, 0.3) is 0 Å². The van der Waals surface area contributed by atoms with Gasteiger partial charge >= 0.3 is 0 Å². The summed E-state index contributed by atoms with van der Waals surface area (Å²) < 4.78 is 10.6. The second-order valence-corrected chi connectivity index (χ2v) is 4.05. The third kappa shape index (κ3) is 2.50. The largest absolute Gasteiger partial charge is 0.496 e. The lowest BCUT2D eigenvalue weighted by Crippen LogP contribution is -2.14. The zero-order chi connectivity index (χ0) is 12.3. The van der Waals surface area contributed by atoms with Crippen LogP contribution < -0.4 is 10.5 Å². The number of hydrogen-bond acceptors (Lipinski definition) is 3. The highest BCUT2D eigenvalue weighted by Gasteiger charge is 2.13. The van der Waals surface area contributed by atoms with E-state index in [1.54, 1.807) is 13.4 Å². The molecule has 0 spiro atoms. The van der Waals surface area contributed by atoms with E-state index in [1.807, 2.05) is 37.3 Å². The van der Waals surface area contributed by atoms with Crippen molar-refractivity contribution in [3.8, 4) is 5.75 Å². The molecule has 1 aromatic carbocycles. The smallest absolute Gasteiger partial charge is 0.122 e.